The van der Waals surface area contributed by atoms with Crippen LogP contribution in [0.3, 0.4) is 0 Å². The van der Waals surface area contributed by atoms with Crippen molar-refractivity contribution < 1.29 is 13.5 Å². The van der Waals surface area contributed by atoms with E-state index < -0.39 is 11.6 Å². The Morgan fingerprint density at radius 3 is 2.89 bits per heavy atom. The van der Waals surface area contributed by atoms with E-state index in [4.69, 9.17) is 10.5 Å². The second-order valence-corrected chi connectivity index (χ2v) is 3.98. The summed E-state index contributed by atoms with van der Waals surface area (Å²) in [5.41, 5.74) is 6.03. The molecule has 2 aromatic rings. The van der Waals surface area contributed by atoms with Gasteiger partial charge in [0.05, 0.1) is 11.6 Å². The van der Waals surface area contributed by atoms with Crippen LogP contribution in [0.1, 0.15) is 12.7 Å². The van der Waals surface area contributed by atoms with Gasteiger partial charge in [-0.2, -0.15) is 0 Å². The molecule has 0 fully saturated rings. The van der Waals surface area contributed by atoms with Crippen molar-refractivity contribution >= 4 is 11.0 Å². The van der Waals surface area contributed by atoms with Gasteiger partial charge in [-0.15, -0.1) is 0 Å². The van der Waals surface area contributed by atoms with Crippen LogP contribution in [0, 0.1) is 11.6 Å². The van der Waals surface area contributed by atoms with Gasteiger partial charge in [-0.25, -0.2) is 13.8 Å². The third-order valence-electron chi connectivity index (χ3n) is 2.64. The number of imidazole rings is 1. The number of halogens is 2. The molecule has 3 N–H and O–H groups in total. The molecule has 0 bridgehead atoms. The number of nitrogens with two attached hydrogens (primary N) is 1. The minimum absolute atomic E-state index is 0.138. The Hall–Kier alpha value is -1.53. The van der Waals surface area contributed by atoms with E-state index in [-0.39, 0.29) is 11.6 Å². The minimum Gasteiger partial charge on any atom is -0.377 e. The number of aromatic amines is 1. The molecule has 1 atom stereocenters. The van der Waals surface area contributed by atoms with Gasteiger partial charge in [0.1, 0.15) is 17.2 Å². The molecule has 0 aliphatic heterocycles. The molecule has 0 spiro atoms. The first-order valence-electron chi connectivity index (χ1n) is 5.79. The highest BCUT2D eigenvalue weighted by Crippen LogP contribution is 2.18. The van der Waals surface area contributed by atoms with Gasteiger partial charge in [0.2, 0.25) is 0 Å². The van der Waals surface area contributed by atoms with E-state index in [1.807, 2.05) is 6.92 Å². The third-order valence-corrected chi connectivity index (χ3v) is 2.64. The van der Waals surface area contributed by atoms with E-state index in [1.54, 1.807) is 0 Å². The van der Waals surface area contributed by atoms with Crippen LogP contribution >= 0.6 is 0 Å². The summed E-state index contributed by atoms with van der Waals surface area (Å²) in [6, 6.07) is 2.03. The Bertz CT molecular complexity index is 541. The molecule has 0 radical (unpaired) electrons. The minimum atomic E-state index is -0.673. The SMILES string of the molecule is CCOC(CN)Cc1nc2c(F)cc(F)cc2[nH]1. The van der Waals surface area contributed by atoms with Gasteiger partial charge in [-0.3, -0.25) is 0 Å². The maximum absolute atomic E-state index is 13.4. The normalized spacial score (nSPS) is 13.1. The number of nitrogens with one attached hydrogen (secondary N) is 1. The second-order valence-electron chi connectivity index (χ2n) is 3.98. The molecule has 0 saturated heterocycles. The third kappa shape index (κ3) is 2.65. The van der Waals surface area contributed by atoms with E-state index in [1.165, 1.54) is 6.07 Å². The predicted molar refractivity (Wildman–Crippen MR) is 64.2 cm³/mol. The van der Waals surface area contributed by atoms with Gasteiger partial charge in [0, 0.05) is 25.6 Å². The van der Waals surface area contributed by atoms with E-state index in [0.29, 0.717) is 30.9 Å². The van der Waals surface area contributed by atoms with Crippen LogP contribution in [0.15, 0.2) is 12.1 Å². The molecule has 6 heteroatoms. The Morgan fingerprint density at radius 2 is 2.22 bits per heavy atom. The zero-order valence-electron chi connectivity index (χ0n) is 10.0. The summed E-state index contributed by atoms with van der Waals surface area (Å²) < 4.78 is 31.9. The van der Waals surface area contributed by atoms with Gasteiger partial charge >= 0.3 is 0 Å². The molecule has 0 aliphatic carbocycles. The molecule has 0 amide bonds. The van der Waals surface area contributed by atoms with E-state index in [0.717, 1.165) is 6.07 Å². The van der Waals surface area contributed by atoms with Crippen LogP contribution in [0.5, 0.6) is 0 Å². The summed E-state index contributed by atoms with van der Waals surface area (Å²) in [5.74, 6) is -0.762. The number of aromatic nitrogens is 2. The lowest BCUT2D eigenvalue weighted by atomic mass is 10.2. The first-order valence-corrected chi connectivity index (χ1v) is 5.79. The molecular weight excluding hydrogens is 240 g/mol. The van der Waals surface area contributed by atoms with E-state index >= 15 is 0 Å². The van der Waals surface area contributed by atoms with E-state index in [2.05, 4.69) is 9.97 Å². The van der Waals surface area contributed by atoms with Crippen molar-refractivity contribution in [3.05, 3.63) is 29.6 Å². The molecular formula is C12H15F2N3O. The standard InChI is InChI=1S/C12H15F2N3O/c1-2-18-8(6-15)5-11-16-10-4-7(13)3-9(14)12(10)17-11/h3-4,8H,2,5-6,15H2,1H3,(H,16,17). The summed E-state index contributed by atoms with van der Waals surface area (Å²) in [7, 11) is 0. The van der Waals surface area contributed by atoms with Crippen LogP contribution in [-0.4, -0.2) is 29.2 Å². The highest BCUT2D eigenvalue weighted by atomic mass is 19.1. The Kier molecular flexibility index (Phi) is 3.88. The monoisotopic (exact) mass is 255 g/mol. The molecule has 1 heterocycles. The fraction of sp³-hybridized carbons (Fsp3) is 0.417. The van der Waals surface area contributed by atoms with Gasteiger partial charge in [0.25, 0.3) is 0 Å². The fourth-order valence-electron chi connectivity index (χ4n) is 1.85. The summed E-state index contributed by atoms with van der Waals surface area (Å²) in [5, 5.41) is 0. The van der Waals surface area contributed by atoms with E-state index in [9.17, 15) is 8.78 Å². The summed E-state index contributed by atoms with van der Waals surface area (Å²) in [6.07, 6.45) is 0.267. The van der Waals surface area contributed by atoms with Gasteiger partial charge in [0.15, 0.2) is 5.82 Å². The Labute approximate surface area is 103 Å². The van der Waals surface area contributed by atoms with Crippen LogP contribution in [0.4, 0.5) is 8.78 Å². The summed E-state index contributed by atoms with van der Waals surface area (Å²) in [4.78, 5) is 6.96. The quantitative estimate of drug-likeness (QED) is 0.855. The molecule has 98 valence electrons. The Morgan fingerprint density at radius 1 is 1.44 bits per heavy atom. The molecule has 0 aliphatic rings. The van der Waals surface area contributed by atoms with Crippen molar-refractivity contribution in [3.8, 4) is 0 Å². The zero-order valence-corrected chi connectivity index (χ0v) is 10.0. The number of nitrogens with zero attached hydrogens (tertiary/aromatic N) is 1. The van der Waals surface area contributed by atoms with Crippen molar-refractivity contribution in [2.45, 2.75) is 19.4 Å². The van der Waals surface area contributed by atoms with Crippen LogP contribution < -0.4 is 5.73 Å². The lowest BCUT2D eigenvalue weighted by Crippen LogP contribution is -2.26. The fourth-order valence-corrected chi connectivity index (χ4v) is 1.85. The molecule has 1 aromatic heterocycles. The largest absolute Gasteiger partial charge is 0.377 e. The average Bonchev–Trinajstić information content (AvgIpc) is 2.71. The number of H-pyrrole nitrogens is 1. The smallest absolute Gasteiger partial charge is 0.153 e. The van der Waals surface area contributed by atoms with Gasteiger partial charge in [-0.1, -0.05) is 0 Å². The number of ether oxygens (including phenoxy) is 1. The Balaban J connectivity index is 2.27. The zero-order chi connectivity index (χ0) is 13.1. The van der Waals surface area contributed by atoms with Crippen molar-refractivity contribution in [1.29, 1.82) is 0 Å². The molecule has 1 aromatic carbocycles. The second kappa shape index (κ2) is 5.41. The molecule has 0 saturated carbocycles. The first kappa shape index (κ1) is 12.9. The summed E-state index contributed by atoms with van der Waals surface area (Å²) in [6.45, 7) is 2.77. The van der Waals surface area contributed by atoms with Crippen molar-refractivity contribution in [1.82, 2.24) is 9.97 Å². The van der Waals surface area contributed by atoms with Crippen molar-refractivity contribution in [3.63, 3.8) is 0 Å². The first-order chi connectivity index (χ1) is 8.63. The molecule has 4 nitrogen and oxygen atoms in total. The number of fused-ring (bicyclic) bond motifs is 1. The molecule has 1 unspecified atom stereocenters. The number of rotatable bonds is 5. The van der Waals surface area contributed by atoms with Gasteiger partial charge < -0.3 is 15.5 Å². The molecule has 18 heavy (non-hydrogen) atoms. The summed E-state index contributed by atoms with van der Waals surface area (Å²) >= 11 is 0. The molecule has 2 rings (SSSR count). The number of benzene rings is 1. The van der Waals surface area contributed by atoms with Crippen molar-refractivity contribution in [2.24, 2.45) is 5.73 Å². The number of hydrogen-bond acceptors (Lipinski definition) is 3. The predicted octanol–water partition coefficient (Wildman–Crippen LogP) is 1.75. The van der Waals surface area contributed by atoms with Crippen LogP contribution in [-0.2, 0) is 11.2 Å². The maximum atomic E-state index is 13.4. The van der Waals surface area contributed by atoms with Crippen LogP contribution in [0.25, 0.3) is 11.0 Å². The van der Waals surface area contributed by atoms with Crippen molar-refractivity contribution in [2.75, 3.05) is 13.2 Å². The highest BCUT2D eigenvalue weighted by molar-refractivity contribution is 5.75. The van der Waals surface area contributed by atoms with Gasteiger partial charge in [-0.05, 0) is 13.0 Å². The number of hydrogen-bond donors (Lipinski definition) is 2. The van der Waals surface area contributed by atoms with Crippen LogP contribution in [0.2, 0.25) is 0 Å². The topological polar surface area (TPSA) is 63.9 Å². The average molecular weight is 255 g/mol. The maximum Gasteiger partial charge on any atom is 0.153 e. The lowest BCUT2D eigenvalue weighted by molar-refractivity contribution is 0.0682. The lowest BCUT2D eigenvalue weighted by Gasteiger charge is -2.12. The highest BCUT2D eigenvalue weighted by Gasteiger charge is 2.13.